The van der Waals surface area contributed by atoms with Crippen LogP contribution in [-0.2, 0) is 9.53 Å². The summed E-state index contributed by atoms with van der Waals surface area (Å²) >= 11 is 0. The molecule has 6 heteroatoms. The third-order valence-electron chi connectivity index (χ3n) is 3.01. The minimum absolute atomic E-state index is 0.0988. The zero-order valence-electron chi connectivity index (χ0n) is 10.8. The van der Waals surface area contributed by atoms with E-state index in [1.165, 1.54) is 0 Å². The molecule has 0 aromatic carbocycles. The molecule has 2 amide bonds. The molecule has 0 aromatic heterocycles. The van der Waals surface area contributed by atoms with Gasteiger partial charge in [0.15, 0.2) is 0 Å². The highest BCUT2D eigenvalue weighted by molar-refractivity contribution is 5.75. The molecule has 1 heterocycles. The smallest absolute Gasteiger partial charge is 0.314 e. The second-order valence-corrected chi connectivity index (χ2v) is 4.55. The molecule has 18 heavy (non-hydrogen) atoms. The van der Waals surface area contributed by atoms with Crippen LogP contribution in [0.15, 0.2) is 0 Å². The first-order valence-corrected chi connectivity index (χ1v) is 6.49. The predicted octanol–water partition coefficient (Wildman–Crippen LogP) is 0.965. The fourth-order valence-electron chi connectivity index (χ4n) is 1.95. The molecule has 2 atom stereocenters. The number of urea groups is 1. The van der Waals surface area contributed by atoms with E-state index < -0.39 is 11.9 Å². The quantitative estimate of drug-likeness (QED) is 0.635. The van der Waals surface area contributed by atoms with Crippen LogP contribution in [-0.4, -0.2) is 42.9 Å². The summed E-state index contributed by atoms with van der Waals surface area (Å²) in [4.78, 5) is 22.3. The largest absolute Gasteiger partial charge is 0.481 e. The minimum Gasteiger partial charge on any atom is -0.481 e. The fourth-order valence-corrected chi connectivity index (χ4v) is 1.95. The van der Waals surface area contributed by atoms with Crippen LogP contribution in [0.25, 0.3) is 0 Å². The Bertz CT molecular complexity index is 277. The normalized spacial score (nSPS) is 20.4. The maximum atomic E-state index is 11.5. The Morgan fingerprint density at radius 3 is 2.78 bits per heavy atom. The molecule has 1 aliphatic rings. The molecule has 2 unspecified atom stereocenters. The molecule has 6 nitrogen and oxygen atoms in total. The van der Waals surface area contributed by atoms with Gasteiger partial charge in [-0.3, -0.25) is 4.79 Å². The van der Waals surface area contributed by atoms with Gasteiger partial charge < -0.3 is 20.5 Å². The van der Waals surface area contributed by atoms with E-state index in [4.69, 9.17) is 9.84 Å². The zero-order valence-corrected chi connectivity index (χ0v) is 10.8. The molecule has 3 N–H and O–H groups in total. The molecule has 1 saturated heterocycles. The summed E-state index contributed by atoms with van der Waals surface area (Å²) < 4.78 is 5.37. The first kappa shape index (κ1) is 14.8. The first-order valence-electron chi connectivity index (χ1n) is 6.49. The summed E-state index contributed by atoms with van der Waals surface area (Å²) in [6.45, 7) is 3.33. The van der Waals surface area contributed by atoms with Crippen molar-refractivity contribution in [2.45, 2.75) is 38.7 Å². The number of carbonyl (C=O) groups excluding carboxylic acids is 1. The molecule has 0 radical (unpaired) electrons. The van der Waals surface area contributed by atoms with E-state index in [-0.39, 0.29) is 18.7 Å². The Balaban J connectivity index is 2.16. The maximum Gasteiger partial charge on any atom is 0.314 e. The number of aliphatic carboxylic acids is 1. The fraction of sp³-hybridized carbons (Fsp3) is 0.833. The molecule has 0 bridgehead atoms. The van der Waals surface area contributed by atoms with Gasteiger partial charge in [-0.2, -0.15) is 0 Å². The number of carbonyl (C=O) groups is 2. The van der Waals surface area contributed by atoms with E-state index in [0.717, 1.165) is 25.9 Å². The molecule has 104 valence electrons. The van der Waals surface area contributed by atoms with Crippen LogP contribution in [0.3, 0.4) is 0 Å². The second-order valence-electron chi connectivity index (χ2n) is 4.55. The average molecular weight is 258 g/mol. The molecule has 1 rings (SSSR count). The Morgan fingerprint density at radius 2 is 2.22 bits per heavy atom. The standard InChI is InChI=1S/C12H22N2O4/c1-2-4-9(11(15)16)7-13-12(17)14-8-10-5-3-6-18-10/h9-10H,2-8H2,1H3,(H,15,16)(H2,13,14,17). The number of hydrogen-bond donors (Lipinski definition) is 3. The lowest BCUT2D eigenvalue weighted by atomic mass is 10.0. The van der Waals surface area contributed by atoms with Crippen molar-refractivity contribution in [2.75, 3.05) is 19.7 Å². The van der Waals surface area contributed by atoms with Gasteiger partial charge in [0, 0.05) is 19.7 Å². The van der Waals surface area contributed by atoms with Crippen LogP contribution < -0.4 is 10.6 Å². The monoisotopic (exact) mass is 258 g/mol. The first-order chi connectivity index (χ1) is 8.63. The van der Waals surface area contributed by atoms with Gasteiger partial charge in [-0.25, -0.2) is 4.79 Å². The maximum absolute atomic E-state index is 11.5. The third kappa shape index (κ3) is 5.35. The van der Waals surface area contributed by atoms with Crippen molar-refractivity contribution in [1.82, 2.24) is 10.6 Å². The van der Waals surface area contributed by atoms with Crippen LogP contribution >= 0.6 is 0 Å². The van der Waals surface area contributed by atoms with Gasteiger partial charge in [0.1, 0.15) is 0 Å². The topological polar surface area (TPSA) is 87.7 Å². The summed E-state index contributed by atoms with van der Waals surface area (Å²) in [5.41, 5.74) is 0. The van der Waals surface area contributed by atoms with Gasteiger partial charge in [-0.1, -0.05) is 13.3 Å². The third-order valence-corrected chi connectivity index (χ3v) is 3.01. The van der Waals surface area contributed by atoms with Crippen molar-refractivity contribution in [3.63, 3.8) is 0 Å². The van der Waals surface area contributed by atoms with E-state index in [0.29, 0.717) is 13.0 Å². The average Bonchev–Trinajstić information content (AvgIpc) is 2.84. The summed E-state index contributed by atoms with van der Waals surface area (Å²) in [5, 5.41) is 14.2. The molecular weight excluding hydrogens is 236 g/mol. The molecule has 1 aliphatic heterocycles. The van der Waals surface area contributed by atoms with Crippen molar-refractivity contribution in [3.8, 4) is 0 Å². The molecule has 0 aromatic rings. The lowest BCUT2D eigenvalue weighted by molar-refractivity contribution is -0.141. The lowest BCUT2D eigenvalue weighted by Gasteiger charge is -2.14. The number of carboxylic acid groups (broad SMARTS) is 1. The molecule has 1 fully saturated rings. The van der Waals surface area contributed by atoms with E-state index >= 15 is 0 Å². The van der Waals surface area contributed by atoms with Gasteiger partial charge in [0.25, 0.3) is 0 Å². The Kier molecular flexibility index (Phi) is 6.49. The lowest BCUT2D eigenvalue weighted by Crippen LogP contribution is -2.42. The highest BCUT2D eigenvalue weighted by atomic mass is 16.5. The SMILES string of the molecule is CCCC(CNC(=O)NCC1CCCO1)C(=O)O. The number of amides is 2. The molecule has 0 saturated carbocycles. The Labute approximate surface area is 107 Å². The Morgan fingerprint density at radius 1 is 1.44 bits per heavy atom. The van der Waals surface area contributed by atoms with Crippen molar-refractivity contribution >= 4 is 12.0 Å². The second kappa shape index (κ2) is 7.92. The van der Waals surface area contributed by atoms with E-state index in [1.54, 1.807) is 0 Å². The van der Waals surface area contributed by atoms with Crippen molar-refractivity contribution in [2.24, 2.45) is 5.92 Å². The summed E-state index contributed by atoms with van der Waals surface area (Å²) in [6.07, 6.45) is 3.46. The minimum atomic E-state index is -0.865. The van der Waals surface area contributed by atoms with Gasteiger partial charge in [0.05, 0.1) is 12.0 Å². The Hall–Kier alpha value is -1.30. The van der Waals surface area contributed by atoms with Gasteiger partial charge in [-0.15, -0.1) is 0 Å². The van der Waals surface area contributed by atoms with E-state index in [1.807, 2.05) is 6.92 Å². The van der Waals surface area contributed by atoms with Crippen LogP contribution in [0.5, 0.6) is 0 Å². The van der Waals surface area contributed by atoms with Crippen LogP contribution in [0, 0.1) is 5.92 Å². The number of rotatable bonds is 7. The van der Waals surface area contributed by atoms with Crippen molar-refractivity contribution in [1.29, 1.82) is 0 Å². The van der Waals surface area contributed by atoms with Crippen molar-refractivity contribution < 1.29 is 19.4 Å². The van der Waals surface area contributed by atoms with Crippen LogP contribution in [0.1, 0.15) is 32.6 Å². The highest BCUT2D eigenvalue weighted by Gasteiger charge is 2.18. The number of carboxylic acids is 1. The van der Waals surface area contributed by atoms with Gasteiger partial charge in [0.2, 0.25) is 0 Å². The molecule has 0 spiro atoms. The molecule has 0 aliphatic carbocycles. The highest BCUT2D eigenvalue weighted by Crippen LogP contribution is 2.10. The predicted molar refractivity (Wildman–Crippen MR) is 66.4 cm³/mol. The summed E-state index contributed by atoms with van der Waals surface area (Å²) in [6, 6.07) is -0.326. The van der Waals surface area contributed by atoms with E-state index in [2.05, 4.69) is 10.6 Å². The van der Waals surface area contributed by atoms with Crippen molar-refractivity contribution in [3.05, 3.63) is 0 Å². The molecular formula is C12H22N2O4. The number of nitrogens with one attached hydrogen (secondary N) is 2. The number of ether oxygens (including phenoxy) is 1. The zero-order chi connectivity index (χ0) is 13.4. The number of hydrogen-bond acceptors (Lipinski definition) is 3. The van der Waals surface area contributed by atoms with E-state index in [9.17, 15) is 9.59 Å². The van der Waals surface area contributed by atoms with Crippen LogP contribution in [0.4, 0.5) is 4.79 Å². The summed E-state index contributed by atoms with van der Waals surface area (Å²) in [5.74, 6) is -1.38. The van der Waals surface area contributed by atoms with Crippen LogP contribution in [0.2, 0.25) is 0 Å². The summed E-state index contributed by atoms with van der Waals surface area (Å²) in [7, 11) is 0. The van der Waals surface area contributed by atoms with Gasteiger partial charge in [-0.05, 0) is 19.3 Å². The van der Waals surface area contributed by atoms with Gasteiger partial charge >= 0.3 is 12.0 Å².